The van der Waals surface area contributed by atoms with Gasteiger partial charge in [-0.1, -0.05) is 42.5 Å². The third-order valence-corrected chi connectivity index (χ3v) is 3.76. The highest BCUT2D eigenvalue weighted by Gasteiger charge is 2.23. The normalized spacial score (nSPS) is 12.2. The maximum Gasteiger partial charge on any atom is 0.247 e. The van der Waals surface area contributed by atoms with Crippen molar-refractivity contribution in [3.63, 3.8) is 0 Å². The molecule has 0 aliphatic rings. The summed E-state index contributed by atoms with van der Waals surface area (Å²) < 4.78 is 1.92. The van der Waals surface area contributed by atoms with Gasteiger partial charge in [0, 0.05) is 12.3 Å². The second kappa shape index (κ2) is 6.66. The Bertz CT molecular complexity index is 770. The van der Waals surface area contributed by atoms with Crippen LogP contribution < -0.4 is 5.32 Å². The average molecular weight is 311 g/mol. The number of benzene rings is 2. The molecule has 4 nitrogen and oxygen atoms in total. The van der Waals surface area contributed by atoms with E-state index in [4.69, 9.17) is 0 Å². The van der Waals surface area contributed by atoms with Crippen molar-refractivity contribution in [1.29, 1.82) is 0 Å². The van der Waals surface area contributed by atoms with Gasteiger partial charge in [-0.15, -0.1) is 0 Å². The van der Waals surface area contributed by atoms with Gasteiger partial charge in [0.15, 0.2) is 0 Å². The third kappa shape index (κ3) is 2.85. The molecule has 0 bridgehead atoms. The summed E-state index contributed by atoms with van der Waals surface area (Å²) in [5, 5.41) is 2.92. The van der Waals surface area contributed by atoms with E-state index < -0.39 is 6.04 Å². The van der Waals surface area contributed by atoms with E-state index in [2.05, 4.69) is 22.9 Å². The van der Waals surface area contributed by atoms with E-state index in [9.17, 15) is 4.79 Å². The Balaban J connectivity index is 2.07. The highest BCUT2D eigenvalue weighted by Crippen LogP contribution is 2.23. The van der Waals surface area contributed by atoms with Crippen molar-refractivity contribution < 1.29 is 4.79 Å². The zero-order valence-electron chi connectivity index (χ0n) is 12.0. The number of hydrogen-bond donors (Lipinski definition) is 2. The number of nitrogens with one attached hydrogen (secondary N) is 1. The Labute approximate surface area is 134 Å². The van der Waals surface area contributed by atoms with E-state index in [1.165, 1.54) is 0 Å². The number of aromatic nitrogens is 2. The van der Waals surface area contributed by atoms with Crippen molar-refractivity contribution in [2.75, 3.05) is 12.3 Å². The minimum atomic E-state index is -0.437. The molecule has 5 heteroatoms. The Hall–Kier alpha value is -2.27. The molecule has 2 aromatic carbocycles. The van der Waals surface area contributed by atoms with Crippen molar-refractivity contribution in [2.24, 2.45) is 0 Å². The number of carbonyl (C=O) groups excluding carboxylic acids is 1. The predicted octanol–water partition coefficient (Wildman–Crippen LogP) is 2.67. The molecule has 1 unspecified atom stereocenters. The second-order valence-corrected chi connectivity index (χ2v) is 5.42. The summed E-state index contributed by atoms with van der Waals surface area (Å²) in [4.78, 5) is 17.0. The minimum absolute atomic E-state index is 0.0524. The summed E-state index contributed by atoms with van der Waals surface area (Å²) in [5.41, 5.74) is 2.75. The van der Waals surface area contributed by atoms with Crippen LogP contribution in [0.15, 0.2) is 60.9 Å². The lowest BCUT2D eigenvalue weighted by molar-refractivity contribution is -0.123. The molecule has 1 aromatic heterocycles. The highest BCUT2D eigenvalue weighted by atomic mass is 32.1. The van der Waals surface area contributed by atoms with Gasteiger partial charge in [-0.3, -0.25) is 4.79 Å². The Morgan fingerprint density at radius 3 is 2.64 bits per heavy atom. The van der Waals surface area contributed by atoms with E-state index in [1.54, 1.807) is 6.33 Å². The summed E-state index contributed by atoms with van der Waals surface area (Å²) in [7, 11) is 0. The van der Waals surface area contributed by atoms with Crippen LogP contribution in [0, 0.1) is 0 Å². The molecule has 1 heterocycles. The van der Waals surface area contributed by atoms with Crippen molar-refractivity contribution in [1.82, 2.24) is 14.9 Å². The number of amides is 1. The first-order chi connectivity index (χ1) is 10.8. The Morgan fingerprint density at radius 1 is 1.14 bits per heavy atom. The molecule has 0 saturated heterocycles. The summed E-state index contributed by atoms with van der Waals surface area (Å²) in [6, 6.07) is 17.1. The third-order valence-electron chi connectivity index (χ3n) is 3.53. The van der Waals surface area contributed by atoms with Crippen LogP contribution in [0.1, 0.15) is 11.6 Å². The second-order valence-electron chi connectivity index (χ2n) is 4.97. The molecule has 1 amide bonds. The SMILES string of the molecule is O=C(NCCS)C(c1ccccc1)n1cnc2ccccc21. The van der Waals surface area contributed by atoms with Crippen LogP contribution in [0.2, 0.25) is 0 Å². The number of nitrogens with zero attached hydrogens (tertiary/aromatic N) is 2. The van der Waals surface area contributed by atoms with E-state index in [1.807, 2.05) is 59.2 Å². The van der Waals surface area contributed by atoms with Crippen LogP contribution in [0.5, 0.6) is 0 Å². The number of fused-ring (bicyclic) bond motifs is 1. The molecule has 0 aliphatic heterocycles. The van der Waals surface area contributed by atoms with E-state index in [0.29, 0.717) is 12.3 Å². The summed E-state index contributed by atoms with van der Waals surface area (Å²) in [6.45, 7) is 0.540. The van der Waals surface area contributed by atoms with Crippen LogP contribution in [0.4, 0.5) is 0 Å². The molecule has 1 atom stereocenters. The summed E-state index contributed by atoms with van der Waals surface area (Å²) >= 11 is 4.15. The van der Waals surface area contributed by atoms with Crippen LogP contribution in [-0.2, 0) is 4.79 Å². The molecule has 22 heavy (non-hydrogen) atoms. The van der Waals surface area contributed by atoms with Crippen LogP contribution >= 0.6 is 12.6 Å². The first-order valence-electron chi connectivity index (χ1n) is 7.16. The van der Waals surface area contributed by atoms with E-state index >= 15 is 0 Å². The van der Waals surface area contributed by atoms with Gasteiger partial charge in [0.05, 0.1) is 17.4 Å². The van der Waals surface area contributed by atoms with Gasteiger partial charge in [0.2, 0.25) is 5.91 Å². The fourth-order valence-electron chi connectivity index (χ4n) is 2.53. The highest BCUT2D eigenvalue weighted by molar-refractivity contribution is 7.80. The Morgan fingerprint density at radius 2 is 1.86 bits per heavy atom. The maximum atomic E-state index is 12.7. The number of carbonyl (C=O) groups is 1. The number of rotatable bonds is 5. The van der Waals surface area contributed by atoms with Gasteiger partial charge >= 0.3 is 0 Å². The minimum Gasteiger partial charge on any atom is -0.353 e. The number of hydrogen-bond acceptors (Lipinski definition) is 3. The zero-order valence-corrected chi connectivity index (χ0v) is 12.9. The van der Waals surface area contributed by atoms with Gasteiger partial charge < -0.3 is 9.88 Å². The van der Waals surface area contributed by atoms with E-state index in [-0.39, 0.29) is 5.91 Å². The van der Waals surface area contributed by atoms with Crippen molar-refractivity contribution >= 4 is 29.6 Å². The summed E-state index contributed by atoms with van der Waals surface area (Å²) in [6.07, 6.45) is 1.72. The number of thiol groups is 1. The van der Waals surface area contributed by atoms with Gasteiger partial charge in [0.25, 0.3) is 0 Å². The van der Waals surface area contributed by atoms with Crippen LogP contribution in [0.25, 0.3) is 11.0 Å². The number of imidazole rings is 1. The average Bonchev–Trinajstić information content (AvgIpc) is 2.98. The van der Waals surface area contributed by atoms with Crippen LogP contribution in [-0.4, -0.2) is 27.8 Å². The first kappa shape index (κ1) is 14.7. The molecular formula is C17H17N3OS. The maximum absolute atomic E-state index is 12.7. The van der Waals surface area contributed by atoms with Gasteiger partial charge in [-0.2, -0.15) is 12.6 Å². The molecular weight excluding hydrogens is 294 g/mol. The molecule has 3 aromatic rings. The lowest BCUT2D eigenvalue weighted by Gasteiger charge is -2.19. The summed E-state index contributed by atoms with van der Waals surface area (Å²) in [5.74, 6) is 0.557. The van der Waals surface area contributed by atoms with Crippen LogP contribution in [0.3, 0.4) is 0 Å². The van der Waals surface area contributed by atoms with Crippen molar-refractivity contribution in [2.45, 2.75) is 6.04 Å². The molecule has 0 radical (unpaired) electrons. The van der Waals surface area contributed by atoms with Gasteiger partial charge in [-0.25, -0.2) is 4.98 Å². The van der Waals surface area contributed by atoms with E-state index in [0.717, 1.165) is 16.6 Å². The van der Waals surface area contributed by atoms with Gasteiger partial charge in [0.1, 0.15) is 6.04 Å². The molecule has 112 valence electrons. The lowest BCUT2D eigenvalue weighted by atomic mass is 10.1. The largest absolute Gasteiger partial charge is 0.353 e. The lowest BCUT2D eigenvalue weighted by Crippen LogP contribution is -2.34. The first-order valence-corrected chi connectivity index (χ1v) is 7.79. The number of para-hydroxylation sites is 2. The molecule has 0 spiro atoms. The fourth-order valence-corrected chi connectivity index (χ4v) is 2.65. The monoisotopic (exact) mass is 311 g/mol. The fraction of sp³-hybridized carbons (Fsp3) is 0.176. The topological polar surface area (TPSA) is 46.9 Å². The molecule has 0 fully saturated rings. The molecule has 1 N–H and O–H groups in total. The Kier molecular flexibility index (Phi) is 4.44. The zero-order chi connectivity index (χ0) is 15.4. The molecule has 0 saturated carbocycles. The van der Waals surface area contributed by atoms with Gasteiger partial charge in [-0.05, 0) is 17.7 Å². The standard InChI is InChI=1S/C17H17N3OS/c21-17(18-10-11-22)16(13-6-2-1-3-7-13)20-12-19-14-8-4-5-9-15(14)20/h1-9,12,16,22H,10-11H2,(H,18,21). The smallest absolute Gasteiger partial charge is 0.247 e. The molecule has 3 rings (SSSR count). The predicted molar refractivity (Wildman–Crippen MR) is 91.2 cm³/mol. The van der Waals surface area contributed by atoms with Crippen molar-refractivity contribution in [3.05, 3.63) is 66.5 Å². The molecule has 0 aliphatic carbocycles. The quantitative estimate of drug-likeness (QED) is 0.712. The van der Waals surface area contributed by atoms with Crippen molar-refractivity contribution in [3.8, 4) is 0 Å².